The average Bonchev–Trinajstić information content (AvgIpc) is 3.40. The smallest absolute Gasteiger partial charge is 0.302 e. The van der Waals surface area contributed by atoms with Gasteiger partial charge in [0.15, 0.2) is 0 Å². The van der Waals surface area contributed by atoms with E-state index in [1.54, 1.807) is 0 Å². The Labute approximate surface area is 229 Å². The van der Waals surface area contributed by atoms with Crippen molar-refractivity contribution in [1.29, 1.82) is 0 Å². The van der Waals surface area contributed by atoms with Gasteiger partial charge in [-0.2, -0.15) is 0 Å². The van der Waals surface area contributed by atoms with Gasteiger partial charge in [-0.25, -0.2) is 4.57 Å². The number of phosphoric acid groups is 1. The van der Waals surface area contributed by atoms with E-state index in [0.717, 1.165) is 32.4 Å². The molecule has 220 valence electrons. The minimum absolute atomic E-state index is 0.0123. The van der Waals surface area contributed by atoms with Crippen LogP contribution in [-0.2, 0) is 18.4 Å². The third-order valence-electron chi connectivity index (χ3n) is 7.71. The molecule has 0 aromatic heterocycles. The van der Waals surface area contributed by atoms with Crippen LogP contribution in [0.15, 0.2) is 0 Å². The summed E-state index contributed by atoms with van der Waals surface area (Å²) in [4.78, 5) is 24.3. The number of ketones is 1. The van der Waals surface area contributed by atoms with Crippen molar-refractivity contribution in [2.45, 2.75) is 149 Å². The second kappa shape index (κ2) is 23.6. The standard InChI is InChI=1S/C30H60NO5P/c1-3-5-6-7-8-9-10-11-12-13-14-15-16-17-18-19-22-29(27-30(32)4-2)28-36-37(33,34)35-26-25-31-23-20-21-24-31/h29H,3-28H2,1-2H3,(H,33,34). The summed E-state index contributed by atoms with van der Waals surface area (Å²) in [5.41, 5.74) is 0. The van der Waals surface area contributed by atoms with Gasteiger partial charge in [0.2, 0.25) is 0 Å². The van der Waals surface area contributed by atoms with Gasteiger partial charge in [-0.3, -0.25) is 13.8 Å². The molecule has 0 aliphatic carbocycles. The van der Waals surface area contributed by atoms with E-state index >= 15 is 0 Å². The number of hydrogen-bond donors (Lipinski definition) is 1. The van der Waals surface area contributed by atoms with Crippen molar-refractivity contribution in [1.82, 2.24) is 4.90 Å². The van der Waals surface area contributed by atoms with E-state index in [4.69, 9.17) is 9.05 Å². The molecular formula is C30H60NO5P. The molecule has 2 unspecified atom stereocenters. The fourth-order valence-electron chi connectivity index (χ4n) is 5.22. The summed E-state index contributed by atoms with van der Waals surface area (Å²) >= 11 is 0. The van der Waals surface area contributed by atoms with Gasteiger partial charge in [-0.1, -0.05) is 117 Å². The maximum Gasteiger partial charge on any atom is 0.472 e. The Morgan fingerprint density at radius 1 is 0.784 bits per heavy atom. The molecule has 1 N–H and O–H groups in total. The van der Waals surface area contributed by atoms with Gasteiger partial charge in [-0.05, 0) is 38.3 Å². The van der Waals surface area contributed by atoms with Gasteiger partial charge in [0, 0.05) is 19.4 Å². The van der Waals surface area contributed by atoms with E-state index in [1.807, 2.05) is 6.92 Å². The molecule has 0 saturated carbocycles. The number of carbonyl (C=O) groups is 1. The van der Waals surface area contributed by atoms with Crippen molar-refractivity contribution in [3.8, 4) is 0 Å². The molecule has 1 fully saturated rings. The predicted molar refractivity (Wildman–Crippen MR) is 155 cm³/mol. The largest absolute Gasteiger partial charge is 0.472 e. The third kappa shape index (κ3) is 21.3. The molecule has 1 aliphatic rings. The van der Waals surface area contributed by atoms with Crippen molar-refractivity contribution in [3.63, 3.8) is 0 Å². The first kappa shape index (κ1) is 34.8. The van der Waals surface area contributed by atoms with Crippen LogP contribution >= 0.6 is 7.82 Å². The first-order valence-corrected chi connectivity index (χ1v) is 17.3. The first-order chi connectivity index (χ1) is 18.0. The fourth-order valence-corrected chi connectivity index (χ4v) is 6.01. The van der Waals surface area contributed by atoms with Gasteiger partial charge >= 0.3 is 7.82 Å². The molecule has 0 aromatic rings. The maximum absolute atomic E-state index is 12.3. The molecule has 1 rings (SSSR count). The van der Waals surface area contributed by atoms with Crippen LogP contribution in [0, 0.1) is 5.92 Å². The van der Waals surface area contributed by atoms with Crippen molar-refractivity contribution in [3.05, 3.63) is 0 Å². The van der Waals surface area contributed by atoms with E-state index in [1.165, 1.54) is 103 Å². The lowest BCUT2D eigenvalue weighted by Crippen LogP contribution is -2.24. The van der Waals surface area contributed by atoms with Gasteiger partial charge in [0.05, 0.1) is 13.2 Å². The Hall–Kier alpha value is -0.260. The van der Waals surface area contributed by atoms with Crippen molar-refractivity contribution in [2.75, 3.05) is 32.8 Å². The molecule has 2 atom stereocenters. The van der Waals surface area contributed by atoms with Crippen molar-refractivity contribution in [2.24, 2.45) is 5.92 Å². The Morgan fingerprint density at radius 2 is 1.27 bits per heavy atom. The molecule has 0 spiro atoms. The highest BCUT2D eigenvalue weighted by molar-refractivity contribution is 7.47. The molecule has 6 nitrogen and oxygen atoms in total. The Balaban J connectivity index is 2.05. The van der Waals surface area contributed by atoms with E-state index in [0.29, 0.717) is 19.4 Å². The van der Waals surface area contributed by atoms with E-state index in [9.17, 15) is 14.3 Å². The van der Waals surface area contributed by atoms with Crippen LogP contribution in [0.2, 0.25) is 0 Å². The molecule has 1 aliphatic heterocycles. The number of Topliss-reactive ketones (excluding diaryl/α,β-unsaturated/α-hetero) is 1. The number of nitrogens with zero attached hydrogens (tertiary/aromatic N) is 1. The van der Waals surface area contributed by atoms with Crippen LogP contribution in [0.25, 0.3) is 0 Å². The normalized spacial score (nSPS) is 16.7. The van der Waals surface area contributed by atoms with Crippen LogP contribution in [0.3, 0.4) is 0 Å². The van der Waals surface area contributed by atoms with E-state index in [2.05, 4.69) is 11.8 Å². The SMILES string of the molecule is CCCCCCCCCCCCCCCCCCC(COP(=O)(O)OCCN1CCCC1)CC(=O)CC. The summed E-state index contributed by atoms with van der Waals surface area (Å²) in [6.45, 7) is 7.17. The van der Waals surface area contributed by atoms with Crippen molar-refractivity contribution < 1.29 is 23.3 Å². The van der Waals surface area contributed by atoms with Crippen LogP contribution in [0.1, 0.15) is 149 Å². The molecule has 0 aromatic carbocycles. The zero-order valence-electron chi connectivity index (χ0n) is 24.4. The Morgan fingerprint density at radius 3 is 1.76 bits per heavy atom. The Bertz CT molecular complexity index is 582. The summed E-state index contributed by atoms with van der Waals surface area (Å²) < 4.78 is 22.7. The number of rotatable bonds is 27. The molecule has 0 amide bonds. The molecule has 0 radical (unpaired) electrons. The topological polar surface area (TPSA) is 76.1 Å². The quantitative estimate of drug-likeness (QED) is 0.0820. The van der Waals surface area contributed by atoms with Crippen LogP contribution < -0.4 is 0 Å². The summed E-state index contributed by atoms with van der Waals surface area (Å²) in [5, 5.41) is 0. The minimum atomic E-state index is -4.07. The zero-order valence-corrected chi connectivity index (χ0v) is 25.3. The monoisotopic (exact) mass is 545 g/mol. The highest BCUT2D eigenvalue weighted by Gasteiger charge is 2.25. The molecule has 1 heterocycles. The van der Waals surface area contributed by atoms with Crippen LogP contribution in [-0.4, -0.2) is 48.4 Å². The molecule has 1 saturated heterocycles. The van der Waals surface area contributed by atoms with Crippen LogP contribution in [0.4, 0.5) is 0 Å². The zero-order chi connectivity index (χ0) is 27.0. The van der Waals surface area contributed by atoms with E-state index in [-0.39, 0.29) is 24.9 Å². The summed E-state index contributed by atoms with van der Waals surface area (Å²) in [6, 6.07) is 0. The minimum Gasteiger partial charge on any atom is -0.302 e. The van der Waals surface area contributed by atoms with E-state index < -0.39 is 7.82 Å². The summed E-state index contributed by atoms with van der Waals surface area (Å²) in [5.74, 6) is 0.176. The highest BCUT2D eigenvalue weighted by atomic mass is 31.2. The molecular weight excluding hydrogens is 485 g/mol. The third-order valence-corrected chi connectivity index (χ3v) is 8.69. The van der Waals surface area contributed by atoms with Gasteiger partial charge in [0.25, 0.3) is 0 Å². The first-order valence-electron chi connectivity index (χ1n) is 15.8. The maximum atomic E-state index is 12.3. The molecule has 7 heteroatoms. The second-order valence-electron chi connectivity index (χ2n) is 11.2. The number of unbranched alkanes of at least 4 members (excludes halogenated alkanes) is 15. The van der Waals surface area contributed by atoms with Crippen molar-refractivity contribution >= 4 is 13.6 Å². The Kier molecular flexibility index (Phi) is 22.2. The van der Waals surface area contributed by atoms with Gasteiger partial charge in [0.1, 0.15) is 5.78 Å². The average molecular weight is 546 g/mol. The van der Waals surface area contributed by atoms with Crippen LogP contribution in [0.5, 0.6) is 0 Å². The van der Waals surface area contributed by atoms with Gasteiger partial charge in [-0.15, -0.1) is 0 Å². The summed E-state index contributed by atoms with van der Waals surface area (Å²) in [6.07, 6.45) is 25.5. The summed E-state index contributed by atoms with van der Waals surface area (Å²) in [7, 11) is -4.07. The lowest BCUT2D eigenvalue weighted by Gasteiger charge is -2.20. The number of carbonyl (C=O) groups excluding carboxylic acids is 1. The highest BCUT2D eigenvalue weighted by Crippen LogP contribution is 2.44. The lowest BCUT2D eigenvalue weighted by molar-refractivity contribution is -0.120. The molecule has 37 heavy (non-hydrogen) atoms. The van der Waals surface area contributed by atoms with Gasteiger partial charge < -0.3 is 9.79 Å². The number of hydrogen-bond acceptors (Lipinski definition) is 5. The fraction of sp³-hybridized carbons (Fsp3) is 0.967. The second-order valence-corrected chi connectivity index (χ2v) is 12.7. The number of likely N-dealkylation sites (tertiary alicyclic amines) is 1. The number of phosphoric ester groups is 1. The molecule has 0 bridgehead atoms. The predicted octanol–water partition coefficient (Wildman–Crippen LogP) is 8.85. The lowest BCUT2D eigenvalue weighted by atomic mass is 9.95.